The van der Waals surface area contributed by atoms with E-state index in [1.165, 1.54) is 17.0 Å². The minimum absolute atomic E-state index is 0.0222. The van der Waals surface area contributed by atoms with Crippen molar-refractivity contribution in [1.82, 2.24) is 4.90 Å². The lowest BCUT2D eigenvalue weighted by molar-refractivity contribution is -0.917. The molecule has 1 heterocycles. The first-order valence-electron chi connectivity index (χ1n) is 9.65. The Morgan fingerprint density at radius 2 is 1.68 bits per heavy atom. The van der Waals surface area contributed by atoms with Gasteiger partial charge in [-0.1, -0.05) is 42.5 Å². The molecule has 4 nitrogen and oxygen atoms in total. The zero-order valence-electron chi connectivity index (χ0n) is 15.7. The Morgan fingerprint density at radius 1 is 0.964 bits per heavy atom. The highest BCUT2D eigenvalue weighted by Gasteiger charge is 2.24. The number of carbonyl (C=O) groups excluding carboxylic acids is 1. The molecule has 1 N–H and O–H groups in total. The molecule has 0 saturated carbocycles. The van der Waals surface area contributed by atoms with Crippen LogP contribution in [0.15, 0.2) is 66.7 Å². The molecular weight excluding hydrogens is 355 g/mol. The average molecular weight is 379 g/mol. The Labute approximate surface area is 164 Å². The largest absolute Gasteiger partial charge is 0.484 e. The van der Waals surface area contributed by atoms with Crippen molar-refractivity contribution in [3.63, 3.8) is 0 Å². The highest BCUT2D eigenvalue weighted by atomic mass is 19.1. The Kier molecular flexibility index (Phi) is 5.53. The number of rotatable bonds is 5. The van der Waals surface area contributed by atoms with Gasteiger partial charge >= 0.3 is 0 Å². The molecule has 0 radical (unpaired) electrons. The van der Waals surface area contributed by atoms with Gasteiger partial charge < -0.3 is 14.5 Å². The molecule has 144 valence electrons. The number of hydrogen-bond donors (Lipinski definition) is 1. The number of ether oxygens (including phenoxy) is 1. The number of carbonyl (C=O) groups is 1. The summed E-state index contributed by atoms with van der Waals surface area (Å²) < 4.78 is 18.7. The molecule has 1 saturated heterocycles. The van der Waals surface area contributed by atoms with E-state index in [0.29, 0.717) is 5.75 Å². The summed E-state index contributed by atoms with van der Waals surface area (Å²) >= 11 is 0. The number of piperazine rings is 1. The first kappa shape index (κ1) is 18.4. The molecule has 3 aromatic carbocycles. The van der Waals surface area contributed by atoms with Gasteiger partial charge in [0.25, 0.3) is 5.91 Å². The first-order valence-corrected chi connectivity index (χ1v) is 9.65. The van der Waals surface area contributed by atoms with Crippen LogP contribution >= 0.6 is 0 Å². The highest BCUT2D eigenvalue weighted by Crippen LogP contribution is 2.20. The smallest absolute Gasteiger partial charge is 0.260 e. The maximum atomic E-state index is 13.0. The van der Waals surface area contributed by atoms with E-state index in [2.05, 4.69) is 6.07 Å². The van der Waals surface area contributed by atoms with Crippen molar-refractivity contribution >= 4 is 16.7 Å². The van der Waals surface area contributed by atoms with Gasteiger partial charge in [-0.15, -0.1) is 0 Å². The lowest BCUT2D eigenvalue weighted by atomic mass is 10.1. The maximum absolute atomic E-state index is 13.0. The van der Waals surface area contributed by atoms with Crippen molar-refractivity contribution in [2.45, 2.75) is 6.54 Å². The van der Waals surface area contributed by atoms with Crippen molar-refractivity contribution in [2.75, 3.05) is 32.8 Å². The number of nitrogens with one attached hydrogen (secondary N) is 1. The third kappa shape index (κ3) is 4.49. The molecule has 0 aromatic heterocycles. The van der Waals surface area contributed by atoms with Crippen molar-refractivity contribution in [3.8, 4) is 5.75 Å². The van der Waals surface area contributed by atoms with Gasteiger partial charge in [-0.25, -0.2) is 4.39 Å². The van der Waals surface area contributed by atoms with E-state index in [4.69, 9.17) is 4.74 Å². The van der Waals surface area contributed by atoms with E-state index in [9.17, 15) is 9.18 Å². The summed E-state index contributed by atoms with van der Waals surface area (Å²) in [4.78, 5) is 15.8. The summed E-state index contributed by atoms with van der Waals surface area (Å²) in [6.07, 6.45) is 0. The summed E-state index contributed by atoms with van der Waals surface area (Å²) in [6, 6.07) is 20.6. The minimum atomic E-state index is -0.208. The highest BCUT2D eigenvalue weighted by molar-refractivity contribution is 5.84. The average Bonchev–Trinajstić information content (AvgIpc) is 2.74. The number of benzene rings is 3. The number of amides is 1. The molecule has 0 unspecified atom stereocenters. The predicted molar refractivity (Wildman–Crippen MR) is 107 cm³/mol. The lowest BCUT2D eigenvalue weighted by Gasteiger charge is -2.32. The van der Waals surface area contributed by atoms with Crippen molar-refractivity contribution in [2.24, 2.45) is 0 Å². The van der Waals surface area contributed by atoms with Crippen LogP contribution in [-0.2, 0) is 11.3 Å². The standard InChI is InChI=1S/C23H23FN2O2/c24-21-8-5-18(6-9-21)16-25-11-13-26(14-12-25)23(27)17-28-22-10-7-19-3-1-2-4-20(19)15-22/h1-10,15H,11-14,16-17H2/p+1. The van der Waals surface area contributed by atoms with Gasteiger partial charge in [0.2, 0.25) is 0 Å². The molecule has 1 amide bonds. The molecule has 5 heteroatoms. The molecule has 1 aliphatic heterocycles. The van der Waals surface area contributed by atoms with Gasteiger partial charge in [0.1, 0.15) is 18.1 Å². The van der Waals surface area contributed by atoms with Gasteiger partial charge in [0.05, 0.1) is 26.2 Å². The number of fused-ring (bicyclic) bond motifs is 1. The zero-order chi connectivity index (χ0) is 19.3. The summed E-state index contributed by atoms with van der Waals surface area (Å²) in [5, 5.41) is 2.26. The Morgan fingerprint density at radius 3 is 2.43 bits per heavy atom. The van der Waals surface area contributed by atoms with Gasteiger partial charge in [-0.05, 0) is 35.0 Å². The van der Waals surface area contributed by atoms with Gasteiger partial charge in [-0.2, -0.15) is 0 Å². The van der Waals surface area contributed by atoms with Crippen LogP contribution in [0.2, 0.25) is 0 Å². The van der Waals surface area contributed by atoms with Gasteiger partial charge in [0.15, 0.2) is 6.61 Å². The number of nitrogens with zero attached hydrogens (tertiary/aromatic N) is 1. The second kappa shape index (κ2) is 8.40. The molecular formula is C23H24FN2O2+. The first-order chi connectivity index (χ1) is 13.7. The monoisotopic (exact) mass is 379 g/mol. The number of quaternary nitrogens is 1. The molecule has 0 aliphatic carbocycles. The Hall–Kier alpha value is -2.92. The zero-order valence-corrected chi connectivity index (χ0v) is 15.7. The van der Waals surface area contributed by atoms with Gasteiger partial charge in [0, 0.05) is 5.56 Å². The van der Waals surface area contributed by atoms with E-state index in [1.807, 2.05) is 53.4 Å². The lowest BCUT2D eigenvalue weighted by Crippen LogP contribution is -3.13. The van der Waals surface area contributed by atoms with Crippen molar-refractivity contribution in [1.29, 1.82) is 0 Å². The van der Waals surface area contributed by atoms with Gasteiger partial charge in [-0.3, -0.25) is 4.79 Å². The molecule has 3 aromatic rings. The topological polar surface area (TPSA) is 34.0 Å². The summed E-state index contributed by atoms with van der Waals surface area (Å²) in [5.74, 6) is 0.530. The van der Waals surface area contributed by atoms with Crippen LogP contribution in [0.4, 0.5) is 4.39 Å². The van der Waals surface area contributed by atoms with E-state index in [-0.39, 0.29) is 18.3 Å². The van der Waals surface area contributed by atoms with Crippen LogP contribution in [0.5, 0.6) is 5.75 Å². The number of halogens is 1. The summed E-state index contributed by atoms with van der Waals surface area (Å²) in [7, 11) is 0. The second-order valence-corrected chi connectivity index (χ2v) is 7.23. The minimum Gasteiger partial charge on any atom is -0.484 e. The van der Waals surface area contributed by atoms with Crippen LogP contribution in [0.3, 0.4) is 0 Å². The second-order valence-electron chi connectivity index (χ2n) is 7.23. The van der Waals surface area contributed by atoms with E-state index in [1.54, 1.807) is 0 Å². The third-order valence-corrected chi connectivity index (χ3v) is 5.27. The van der Waals surface area contributed by atoms with Crippen LogP contribution in [-0.4, -0.2) is 43.6 Å². The van der Waals surface area contributed by atoms with E-state index in [0.717, 1.165) is 49.1 Å². The Bertz CT molecular complexity index is 950. The summed E-state index contributed by atoms with van der Waals surface area (Å²) in [5.41, 5.74) is 1.12. The molecule has 0 atom stereocenters. The van der Waals surface area contributed by atoms with Crippen LogP contribution in [0.25, 0.3) is 10.8 Å². The van der Waals surface area contributed by atoms with Crippen LogP contribution in [0, 0.1) is 5.82 Å². The fraction of sp³-hybridized carbons (Fsp3) is 0.261. The fourth-order valence-electron chi connectivity index (χ4n) is 3.63. The normalized spacial score (nSPS) is 15.0. The van der Waals surface area contributed by atoms with Crippen molar-refractivity contribution < 1.29 is 18.8 Å². The maximum Gasteiger partial charge on any atom is 0.260 e. The summed E-state index contributed by atoms with van der Waals surface area (Å²) in [6.45, 7) is 4.13. The molecule has 0 spiro atoms. The van der Waals surface area contributed by atoms with Crippen LogP contribution in [0.1, 0.15) is 5.56 Å². The molecule has 1 fully saturated rings. The fourth-order valence-corrected chi connectivity index (χ4v) is 3.63. The molecule has 0 bridgehead atoms. The van der Waals surface area contributed by atoms with Crippen LogP contribution < -0.4 is 9.64 Å². The molecule has 28 heavy (non-hydrogen) atoms. The molecule has 4 rings (SSSR count). The van der Waals surface area contributed by atoms with E-state index >= 15 is 0 Å². The Balaban J connectivity index is 1.26. The predicted octanol–water partition coefficient (Wildman–Crippen LogP) is 2.29. The molecule has 1 aliphatic rings. The third-order valence-electron chi connectivity index (χ3n) is 5.27. The SMILES string of the molecule is O=C(COc1ccc2ccccc2c1)N1CC[NH+](Cc2ccc(F)cc2)CC1. The van der Waals surface area contributed by atoms with Crippen molar-refractivity contribution in [3.05, 3.63) is 78.1 Å². The quantitative estimate of drug-likeness (QED) is 0.738. The van der Waals surface area contributed by atoms with E-state index < -0.39 is 0 Å². The number of hydrogen-bond acceptors (Lipinski definition) is 2.